The zero-order valence-corrected chi connectivity index (χ0v) is 9.06. The second kappa shape index (κ2) is 3.20. The number of carbonyl (C=O) groups is 2. The van der Waals surface area contributed by atoms with Crippen LogP contribution in [0.3, 0.4) is 0 Å². The zero-order chi connectivity index (χ0) is 11.2. The highest BCUT2D eigenvalue weighted by molar-refractivity contribution is 5.94. The normalized spacial score (nSPS) is 26.8. The minimum absolute atomic E-state index is 0.250. The molecule has 84 valence electrons. The number of nitrogens with zero attached hydrogens (tertiary/aromatic N) is 2. The van der Waals surface area contributed by atoms with Crippen LogP contribution in [0.25, 0.3) is 0 Å². The number of hydrogen-bond acceptors (Lipinski definition) is 3. The highest BCUT2D eigenvalue weighted by Gasteiger charge is 2.45. The van der Waals surface area contributed by atoms with Gasteiger partial charge < -0.3 is 5.11 Å². The Morgan fingerprint density at radius 3 is 2.47 bits per heavy atom. The molecule has 0 spiro atoms. The van der Waals surface area contributed by atoms with Gasteiger partial charge >= 0.3 is 6.09 Å². The Hall–Kier alpha value is -1.10. The molecule has 1 aliphatic carbocycles. The Morgan fingerprint density at radius 1 is 1.47 bits per heavy atom. The largest absolute Gasteiger partial charge is 0.465 e. The van der Waals surface area contributed by atoms with Crippen LogP contribution < -0.4 is 0 Å². The van der Waals surface area contributed by atoms with Crippen LogP contribution in [-0.4, -0.2) is 51.6 Å². The van der Waals surface area contributed by atoms with Crippen molar-refractivity contribution in [2.75, 3.05) is 13.1 Å². The van der Waals surface area contributed by atoms with E-state index >= 15 is 0 Å². The molecule has 15 heavy (non-hydrogen) atoms. The molecule has 1 aliphatic heterocycles. The molecular weight excluding hydrogens is 196 g/mol. The summed E-state index contributed by atoms with van der Waals surface area (Å²) >= 11 is 0. The van der Waals surface area contributed by atoms with Crippen LogP contribution in [0.2, 0.25) is 0 Å². The minimum atomic E-state index is -1.14. The maximum absolute atomic E-state index is 11.7. The Bertz CT molecular complexity index is 310. The number of rotatable bonds is 1. The van der Waals surface area contributed by atoms with Gasteiger partial charge in [0.1, 0.15) is 0 Å². The fourth-order valence-corrected chi connectivity index (χ4v) is 2.27. The molecule has 0 aromatic rings. The van der Waals surface area contributed by atoms with Crippen LogP contribution in [-0.2, 0) is 4.79 Å². The van der Waals surface area contributed by atoms with E-state index in [1.165, 1.54) is 0 Å². The molecule has 2 rings (SSSR count). The van der Waals surface area contributed by atoms with E-state index in [0.717, 1.165) is 17.7 Å². The van der Waals surface area contributed by atoms with Gasteiger partial charge in [0.05, 0.1) is 12.1 Å². The van der Waals surface area contributed by atoms with Gasteiger partial charge in [0.2, 0.25) is 5.91 Å². The van der Waals surface area contributed by atoms with Crippen molar-refractivity contribution in [3.63, 3.8) is 0 Å². The van der Waals surface area contributed by atoms with Crippen LogP contribution in [0.1, 0.15) is 26.7 Å². The van der Waals surface area contributed by atoms with Crippen molar-refractivity contribution >= 4 is 12.0 Å². The Labute approximate surface area is 88.6 Å². The fraction of sp³-hybridized carbons (Fsp3) is 0.800. The van der Waals surface area contributed by atoms with Gasteiger partial charge in [0.15, 0.2) is 0 Å². The van der Waals surface area contributed by atoms with E-state index in [2.05, 4.69) is 4.90 Å². The first-order valence-corrected chi connectivity index (χ1v) is 5.22. The van der Waals surface area contributed by atoms with Gasteiger partial charge in [-0.25, -0.2) is 9.69 Å². The van der Waals surface area contributed by atoms with Gasteiger partial charge in [-0.1, -0.05) is 0 Å². The first-order chi connectivity index (χ1) is 6.92. The maximum atomic E-state index is 11.7. The molecule has 0 unspecified atom stereocenters. The second-order valence-corrected chi connectivity index (χ2v) is 4.96. The van der Waals surface area contributed by atoms with Crippen molar-refractivity contribution in [2.24, 2.45) is 0 Å². The van der Waals surface area contributed by atoms with Crippen molar-refractivity contribution in [1.82, 2.24) is 9.80 Å². The first-order valence-electron chi connectivity index (χ1n) is 5.22. The summed E-state index contributed by atoms with van der Waals surface area (Å²) in [6.45, 7) is 4.50. The highest BCUT2D eigenvalue weighted by atomic mass is 16.4. The SMILES string of the molecule is CC1(C)CN(C2CC2)CC(=O)N1C(=O)O. The summed E-state index contributed by atoms with van der Waals surface area (Å²) in [6.07, 6.45) is 1.13. The first kappa shape index (κ1) is 10.4. The van der Waals surface area contributed by atoms with E-state index in [9.17, 15) is 9.59 Å². The van der Waals surface area contributed by atoms with Gasteiger partial charge in [-0.05, 0) is 26.7 Å². The number of carbonyl (C=O) groups excluding carboxylic acids is 1. The van der Waals surface area contributed by atoms with Crippen LogP contribution in [0.15, 0.2) is 0 Å². The lowest BCUT2D eigenvalue weighted by molar-refractivity contribution is -0.141. The monoisotopic (exact) mass is 212 g/mol. The molecule has 1 N–H and O–H groups in total. The van der Waals surface area contributed by atoms with E-state index in [0.29, 0.717) is 12.6 Å². The number of amides is 2. The second-order valence-electron chi connectivity index (χ2n) is 4.96. The van der Waals surface area contributed by atoms with Crippen LogP contribution in [0, 0.1) is 0 Å². The van der Waals surface area contributed by atoms with Crippen LogP contribution >= 0.6 is 0 Å². The van der Waals surface area contributed by atoms with Crippen molar-refractivity contribution in [3.05, 3.63) is 0 Å². The molecule has 1 heterocycles. The molecule has 0 bridgehead atoms. The van der Waals surface area contributed by atoms with Crippen molar-refractivity contribution < 1.29 is 14.7 Å². The summed E-state index contributed by atoms with van der Waals surface area (Å²) in [6, 6.07) is 0.504. The Kier molecular flexibility index (Phi) is 2.22. The Balaban J connectivity index is 2.16. The summed E-state index contributed by atoms with van der Waals surface area (Å²) in [5.74, 6) is -0.300. The summed E-state index contributed by atoms with van der Waals surface area (Å²) in [4.78, 5) is 25.7. The molecular formula is C10H16N2O3. The van der Waals surface area contributed by atoms with E-state index in [1.807, 2.05) is 0 Å². The molecule has 2 amide bonds. The number of piperazine rings is 1. The molecule has 0 radical (unpaired) electrons. The number of hydrogen-bond donors (Lipinski definition) is 1. The lowest BCUT2D eigenvalue weighted by atomic mass is 9.99. The molecule has 0 atom stereocenters. The fourth-order valence-electron chi connectivity index (χ4n) is 2.27. The summed E-state index contributed by atoms with van der Waals surface area (Å²) in [7, 11) is 0. The van der Waals surface area contributed by atoms with Gasteiger partial charge in [0, 0.05) is 12.6 Å². The van der Waals surface area contributed by atoms with E-state index in [-0.39, 0.29) is 12.5 Å². The standard InChI is InChI=1S/C10H16N2O3/c1-10(2)6-11(7-3-4-7)5-8(13)12(10)9(14)15/h7H,3-6H2,1-2H3,(H,14,15). The van der Waals surface area contributed by atoms with Crippen LogP contribution in [0.4, 0.5) is 4.79 Å². The van der Waals surface area contributed by atoms with Gasteiger partial charge in [-0.3, -0.25) is 9.69 Å². The molecule has 2 fully saturated rings. The summed E-state index contributed by atoms with van der Waals surface area (Å²) < 4.78 is 0. The lowest BCUT2D eigenvalue weighted by Gasteiger charge is -2.44. The molecule has 1 saturated heterocycles. The molecule has 0 aromatic carbocycles. The van der Waals surface area contributed by atoms with Crippen molar-refractivity contribution in [3.8, 4) is 0 Å². The predicted molar refractivity (Wildman–Crippen MR) is 53.5 cm³/mol. The van der Waals surface area contributed by atoms with E-state index in [4.69, 9.17) is 5.11 Å². The summed E-state index contributed by atoms with van der Waals surface area (Å²) in [5, 5.41) is 8.97. The van der Waals surface area contributed by atoms with Gasteiger partial charge in [-0.2, -0.15) is 0 Å². The maximum Gasteiger partial charge on any atom is 0.414 e. The van der Waals surface area contributed by atoms with Gasteiger partial charge in [0.25, 0.3) is 0 Å². The van der Waals surface area contributed by atoms with Crippen molar-refractivity contribution in [2.45, 2.75) is 38.3 Å². The third kappa shape index (κ3) is 1.84. The third-order valence-corrected chi connectivity index (χ3v) is 3.04. The van der Waals surface area contributed by atoms with Gasteiger partial charge in [-0.15, -0.1) is 0 Å². The average molecular weight is 212 g/mol. The van der Waals surface area contributed by atoms with E-state index in [1.54, 1.807) is 13.8 Å². The zero-order valence-electron chi connectivity index (χ0n) is 9.06. The molecule has 0 aromatic heterocycles. The number of imide groups is 1. The molecule has 5 heteroatoms. The predicted octanol–water partition coefficient (Wildman–Crippen LogP) is 0.750. The summed E-state index contributed by atoms with van der Waals surface area (Å²) in [5.41, 5.74) is -0.607. The molecule has 1 saturated carbocycles. The van der Waals surface area contributed by atoms with Crippen LogP contribution in [0.5, 0.6) is 0 Å². The smallest absolute Gasteiger partial charge is 0.414 e. The van der Waals surface area contributed by atoms with Crippen molar-refractivity contribution in [1.29, 1.82) is 0 Å². The topological polar surface area (TPSA) is 60.9 Å². The highest BCUT2D eigenvalue weighted by Crippen LogP contribution is 2.32. The third-order valence-electron chi connectivity index (χ3n) is 3.04. The number of carboxylic acid groups (broad SMARTS) is 1. The quantitative estimate of drug-likeness (QED) is 0.696. The lowest BCUT2D eigenvalue weighted by Crippen LogP contribution is -2.63. The average Bonchev–Trinajstić information content (AvgIpc) is 2.80. The molecule has 5 nitrogen and oxygen atoms in total. The minimum Gasteiger partial charge on any atom is -0.465 e. The van der Waals surface area contributed by atoms with E-state index < -0.39 is 11.6 Å². The molecule has 2 aliphatic rings. The Morgan fingerprint density at radius 2 is 2.07 bits per heavy atom.